The van der Waals surface area contributed by atoms with Gasteiger partial charge in [-0.15, -0.1) is 0 Å². The SMILES string of the molecule is CON=Cc1c(N)ncnc1N1CCC(NC(=O)Nc2ccc(OC(C)C)cc2)C1. The van der Waals surface area contributed by atoms with Gasteiger partial charge in [-0.1, -0.05) is 5.16 Å². The van der Waals surface area contributed by atoms with Crippen LogP contribution in [0.5, 0.6) is 5.75 Å². The molecule has 0 saturated carbocycles. The number of amides is 2. The number of oxime groups is 1. The lowest BCUT2D eigenvalue weighted by Gasteiger charge is -2.20. The Labute approximate surface area is 175 Å². The normalized spacial score (nSPS) is 16.1. The molecule has 30 heavy (non-hydrogen) atoms. The van der Waals surface area contributed by atoms with E-state index in [1.807, 2.05) is 43.0 Å². The molecule has 10 heteroatoms. The second-order valence-electron chi connectivity index (χ2n) is 7.13. The maximum Gasteiger partial charge on any atom is 0.319 e. The number of ether oxygens (including phenoxy) is 1. The highest BCUT2D eigenvalue weighted by Crippen LogP contribution is 2.24. The predicted octanol–water partition coefficient (Wildman–Crippen LogP) is 2.23. The average molecular weight is 413 g/mol. The zero-order valence-corrected chi connectivity index (χ0v) is 17.3. The summed E-state index contributed by atoms with van der Waals surface area (Å²) >= 11 is 0. The standard InChI is InChI=1S/C20H27N7O3/c1-13(2)30-16-6-4-14(5-7-16)25-20(28)26-15-8-9-27(11-15)19-17(10-24-29-3)18(21)22-12-23-19/h4-7,10,12-13,15H,8-9,11H2,1-3H3,(H2,21,22,23)(H2,25,26,28). The zero-order valence-electron chi connectivity index (χ0n) is 17.3. The number of nitrogens with two attached hydrogens (primary N) is 1. The van der Waals surface area contributed by atoms with E-state index < -0.39 is 0 Å². The Morgan fingerprint density at radius 3 is 2.80 bits per heavy atom. The molecule has 10 nitrogen and oxygen atoms in total. The van der Waals surface area contributed by atoms with Crippen molar-refractivity contribution in [2.24, 2.45) is 5.16 Å². The lowest BCUT2D eigenvalue weighted by molar-refractivity contribution is 0.215. The third-order valence-corrected chi connectivity index (χ3v) is 4.49. The molecule has 2 aromatic rings. The first kappa shape index (κ1) is 21.2. The molecule has 1 saturated heterocycles. The van der Waals surface area contributed by atoms with Crippen LogP contribution in [0.25, 0.3) is 0 Å². The fourth-order valence-corrected chi connectivity index (χ4v) is 3.19. The monoisotopic (exact) mass is 413 g/mol. The van der Waals surface area contributed by atoms with Gasteiger partial charge < -0.3 is 30.8 Å². The van der Waals surface area contributed by atoms with Crippen molar-refractivity contribution in [3.63, 3.8) is 0 Å². The molecule has 0 bridgehead atoms. The number of rotatable bonds is 7. The molecule has 4 N–H and O–H groups in total. The van der Waals surface area contributed by atoms with Gasteiger partial charge in [0.25, 0.3) is 0 Å². The number of hydrogen-bond donors (Lipinski definition) is 3. The first-order chi connectivity index (χ1) is 14.5. The highest BCUT2D eigenvalue weighted by atomic mass is 16.6. The topological polar surface area (TPSA) is 127 Å². The number of nitrogens with one attached hydrogen (secondary N) is 2. The molecule has 3 rings (SSSR count). The van der Waals surface area contributed by atoms with Gasteiger partial charge >= 0.3 is 6.03 Å². The summed E-state index contributed by atoms with van der Waals surface area (Å²) in [6.07, 6.45) is 3.78. The molecule has 160 valence electrons. The first-order valence-electron chi connectivity index (χ1n) is 9.72. The van der Waals surface area contributed by atoms with Gasteiger partial charge in [-0.05, 0) is 44.5 Å². The number of hydrogen-bond acceptors (Lipinski definition) is 8. The number of nitrogens with zero attached hydrogens (tertiary/aromatic N) is 4. The predicted molar refractivity (Wildman–Crippen MR) is 116 cm³/mol. The van der Waals surface area contributed by atoms with E-state index in [9.17, 15) is 4.79 Å². The average Bonchev–Trinajstić information content (AvgIpc) is 3.16. The van der Waals surface area contributed by atoms with Gasteiger partial charge in [-0.25, -0.2) is 14.8 Å². The lowest BCUT2D eigenvalue weighted by Crippen LogP contribution is -2.40. The third-order valence-electron chi connectivity index (χ3n) is 4.49. The van der Waals surface area contributed by atoms with Gasteiger partial charge in [0.2, 0.25) is 0 Å². The third kappa shape index (κ3) is 5.49. The zero-order chi connectivity index (χ0) is 21.5. The molecule has 0 spiro atoms. The van der Waals surface area contributed by atoms with Crippen LogP contribution in [0.4, 0.5) is 22.1 Å². The van der Waals surface area contributed by atoms with Crippen LogP contribution in [0, 0.1) is 0 Å². The largest absolute Gasteiger partial charge is 0.491 e. The van der Waals surface area contributed by atoms with Crippen LogP contribution in [0.15, 0.2) is 35.7 Å². The van der Waals surface area contributed by atoms with Crippen LogP contribution in [0.2, 0.25) is 0 Å². The maximum absolute atomic E-state index is 12.4. The molecule has 2 amide bonds. The summed E-state index contributed by atoms with van der Waals surface area (Å²) in [5.41, 5.74) is 7.24. The summed E-state index contributed by atoms with van der Waals surface area (Å²) in [5.74, 6) is 1.74. The van der Waals surface area contributed by atoms with Crippen molar-refractivity contribution in [1.29, 1.82) is 0 Å². The molecule has 1 aromatic heterocycles. The number of nitrogen functional groups attached to an aromatic ring is 1. The van der Waals surface area contributed by atoms with Crippen LogP contribution in [0.1, 0.15) is 25.8 Å². The van der Waals surface area contributed by atoms with E-state index >= 15 is 0 Å². The minimum Gasteiger partial charge on any atom is -0.491 e. The maximum atomic E-state index is 12.4. The van der Waals surface area contributed by atoms with E-state index in [1.54, 1.807) is 0 Å². The van der Waals surface area contributed by atoms with Crippen molar-refractivity contribution in [2.75, 3.05) is 36.1 Å². The molecular formula is C20H27N7O3. The van der Waals surface area contributed by atoms with Gasteiger partial charge in [0.05, 0.1) is 17.9 Å². The summed E-state index contributed by atoms with van der Waals surface area (Å²) in [4.78, 5) is 27.5. The fourth-order valence-electron chi connectivity index (χ4n) is 3.19. The Kier molecular flexibility index (Phi) is 6.89. The molecule has 0 radical (unpaired) electrons. The molecule has 1 unspecified atom stereocenters. The minimum atomic E-state index is -0.261. The number of carbonyl (C=O) groups excluding carboxylic acids is 1. The first-order valence-corrected chi connectivity index (χ1v) is 9.72. The highest BCUT2D eigenvalue weighted by molar-refractivity contribution is 5.92. The van der Waals surface area contributed by atoms with E-state index in [4.69, 9.17) is 15.3 Å². The van der Waals surface area contributed by atoms with Crippen molar-refractivity contribution in [3.8, 4) is 5.75 Å². The summed E-state index contributed by atoms with van der Waals surface area (Å²) < 4.78 is 5.61. The number of urea groups is 1. The van der Waals surface area contributed by atoms with E-state index in [1.165, 1.54) is 19.7 Å². The Balaban J connectivity index is 1.57. The summed E-state index contributed by atoms with van der Waals surface area (Å²) in [5, 5.41) is 9.61. The fraction of sp³-hybridized carbons (Fsp3) is 0.400. The van der Waals surface area contributed by atoms with E-state index in [0.717, 1.165) is 18.7 Å². The van der Waals surface area contributed by atoms with Crippen molar-refractivity contribution in [3.05, 3.63) is 36.2 Å². The number of anilines is 3. The Bertz CT molecular complexity index is 886. The molecular weight excluding hydrogens is 386 g/mol. The Morgan fingerprint density at radius 1 is 1.33 bits per heavy atom. The lowest BCUT2D eigenvalue weighted by atomic mass is 10.2. The second-order valence-corrected chi connectivity index (χ2v) is 7.13. The smallest absolute Gasteiger partial charge is 0.319 e. The molecule has 1 fully saturated rings. The van der Waals surface area contributed by atoms with Crippen LogP contribution >= 0.6 is 0 Å². The van der Waals surface area contributed by atoms with Crippen LogP contribution in [0.3, 0.4) is 0 Å². The van der Waals surface area contributed by atoms with Crippen molar-refractivity contribution < 1.29 is 14.4 Å². The highest BCUT2D eigenvalue weighted by Gasteiger charge is 2.27. The Morgan fingerprint density at radius 2 is 2.10 bits per heavy atom. The minimum absolute atomic E-state index is 0.0306. The van der Waals surface area contributed by atoms with Gasteiger partial charge in [0.1, 0.15) is 30.8 Å². The number of carbonyl (C=O) groups is 1. The molecule has 1 atom stereocenters. The van der Waals surface area contributed by atoms with Crippen LogP contribution < -0.4 is 26.0 Å². The molecule has 1 aliphatic rings. The number of aromatic nitrogens is 2. The van der Waals surface area contributed by atoms with Gasteiger partial charge in [-0.3, -0.25) is 0 Å². The van der Waals surface area contributed by atoms with E-state index in [0.29, 0.717) is 29.4 Å². The molecule has 1 aliphatic heterocycles. The van der Waals surface area contributed by atoms with E-state index in [-0.39, 0.29) is 18.2 Å². The quantitative estimate of drug-likeness (QED) is 0.469. The summed E-state index contributed by atoms with van der Waals surface area (Å²) in [7, 11) is 1.45. The molecule has 2 heterocycles. The van der Waals surface area contributed by atoms with Crippen LogP contribution in [-0.4, -0.2) is 54.6 Å². The summed E-state index contributed by atoms with van der Waals surface area (Å²) in [6, 6.07) is 6.98. The summed E-state index contributed by atoms with van der Waals surface area (Å²) in [6.45, 7) is 5.25. The van der Waals surface area contributed by atoms with Crippen molar-refractivity contribution >= 4 is 29.6 Å². The van der Waals surface area contributed by atoms with Gasteiger partial charge in [-0.2, -0.15) is 0 Å². The Hall–Kier alpha value is -3.56. The molecule has 1 aromatic carbocycles. The van der Waals surface area contributed by atoms with Crippen LogP contribution in [-0.2, 0) is 4.84 Å². The van der Waals surface area contributed by atoms with Gasteiger partial charge in [0, 0.05) is 24.8 Å². The van der Waals surface area contributed by atoms with Crippen molar-refractivity contribution in [2.45, 2.75) is 32.4 Å². The molecule has 0 aliphatic carbocycles. The number of benzene rings is 1. The van der Waals surface area contributed by atoms with E-state index in [2.05, 4.69) is 25.8 Å². The second kappa shape index (κ2) is 9.77. The van der Waals surface area contributed by atoms with Gasteiger partial charge in [0.15, 0.2) is 0 Å². The van der Waals surface area contributed by atoms with Crippen molar-refractivity contribution in [1.82, 2.24) is 15.3 Å².